The second-order valence-corrected chi connectivity index (χ2v) is 8.42. The molecule has 2 heteroatoms. The highest BCUT2D eigenvalue weighted by Crippen LogP contribution is 2.61. The molecule has 0 aromatic carbocycles. The van der Waals surface area contributed by atoms with E-state index in [9.17, 15) is 0 Å². The molecular weight excluding hydrogens is 266 g/mol. The third-order valence-corrected chi connectivity index (χ3v) is 6.80. The van der Waals surface area contributed by atoms with E-state index >= 15 is 0 Å². The Kier molecular flexibility index (Phi) is 4.67. The first-order valence-corrected chi connectivity index (χ1v) is 9.04. The van der Waals surface area contributed by atoms with Crippen molar-refractivity contribution in [3.8, 4) is 0 Å². The van der Waals surface area contributed by atoms with Crippen LogP contribution in [0.1, 0.15) is 70.6 Å². The number of hydrogen-bond acceptors (Lipinski definition) is 1. The molecule has 5 aliphatic rings. The Morgan fingerprint density at radius 3 is 1.90 bits per heavy atom. The highest BCUT2D eigenvalue weighted by molar-refractivity contribution is 5.85. The van der Waals surface area contributed by atoms with Crippen LogP contribution in [-0.2, 0) is 0 Å². The minimum atomic E-state index is 0. The quantitative estimate of drug-likeness (QED) is 0.714. The van der Waals surface area contributed by atoms with Gasteiger partial charge in [0.25, 0.3) is 0 Å². The van der Waals surface area contributed by atoms with E-state index in [1.807, 2.05) is 0 Å². The highest BCUT2D eigenvalue weighted by atomic mass is 35.5. The van der Waals surface area contributed by atoms with Crippen molar-refractivity contribution in [3.05, 3.63) is 0 Å². The van der Waals surface area contributed by atoms with Gasteiger partial charge in [0, 0.05) is 0 Å². The molecule has 0 aromatic rings. The molecule has 4 bridgehead atoms. The number of hydrogen-bond donors (Lipinski definition) is 0. The van der Waals surface area contributed by atoms with Gasteiger partial charge in [0.1, 0.15) is 0 Å². The molecule has 0 spiro atoms. The number of likely N-dealkylation sites (tertiary alicyclic amines) is 1. The van der Waals surface area contributed by atoms with Gasteiger partial charge in [-0.2, -0.15) is 0 Å². The minimum absolute atomic E-state index is 0. The Hall–Kier alpha value is 0.250. The third-order valence-electron chi connectivity index (χ3n) is 6.80. The summed E-state index contributed by atoms with van der Waals surface area (Å²) in [6, 6.07) is 0. The Bertz CT molecular complexity index is 286. The maximum Gasteiger partial charge on any atom is -0.00185 e. The molecule has 0 aromatic heterocycles. The molecule has 0 atom stereocenters. The fourth-order valence-electron chi connectivity index (χ4n) is 6.46. The summed E-state index contributed by atoms with van der Waals surface area (Å²) in [6.07, 6.45) is 17.1. The summed E-state index contributed by atoms with van der Waals surface area (Å²) in [7, 11) is 0. The van der Waals surface area contributed by atoms with E-state index < -0.39 is 0 Å². The fourth-order valence-corrected chi connectivity index (χ4v) is 6.46. The average Bonchev–Trinajstić information content (AvgIpc) is 2.38. The van der Waals surface area contributed by atoms with Gasteiger partial charge in [-0.1, -0.05) is 6.42 Å². The van der Waals surface area contributed by atoms with Crippen LogP contribution < -0.4 is 0 Å². The van der Waals surface area contributed by atoms with E-state index in [4.69, 9.17) is 0 Å². The summed E-state index contributed by atoms with van der Waals surface area (Å²) < 4.78 is 0. The van der Waals surface area contributed by atoms with E-state index in [1.54, 1.807) is 44.9 Å². The maximum absolute atomic E-state index is 2.74. The lowest BCUT2D eigenvalue weighted by atomic mass is 9.48. The lowest BCUT2D eigenvalue weighted by Crippen LogP contribution is -2.46. The van der Waals surface area contributed by atoms with Gasteiger partial charge in [0.15, 0.2) is 0 Å². The second-order valence-electron chi connectivity index (χ2n) is 8.42. The first-order valence-electron chi connectivity index (χ1n) is 9.04. The van der Waals surface area contributed by atoms with Crippen LogP contribution >= 0.6 is 12.4 Å². The average molecular weight is 298 g/mol. The van der Waals surface area contributed by atoms with E-state index in [-0.39, 0.29) is 12.4 Å². The first-order chi connectivity index (χ1) is 9.31. The lowest BCUT2D eigenvalue weighted by Gasteiger charge is -2.57. The van der Waals surface area contributed by atoms with Crippen LogP contribution in [0.25, 0.3) is 0 Å². The topological polar surface area (TPSA) is 3.24 Å². The number of rotatable bonds is 4. The molecule has 0 radical (unpaired) electrons. The zero-order valence-electron chi connectivity index (χ0n) is 13.0. The van der Waals surface area contributed by atoms with Gasteiger partial charge in [-0.25, -0.2) is 0 Å². The van der Waals surface area contributed by atoms with Crippen molar-refractivity contribution in [2.24, 2.45) is 23.2 Å². The van der Waals surface area contributed by atoms with Crippen LogP contribution in [0.2, 0.25) is 0 Å². The van der Waals surface area contributed by atoms with Crippen molar-refractivity contribution in [3.63, 3.8) is 0 Å². The lowest BCUT2D eigenvalue weighted by molar-refractivity contribution is -0.0591. The molecule has 1 aliphatic heterocycles. The predicted molar refractivity (Wildman–Crippen MR) is 87.4 cm³/mol. The highest BCUT2D eigenvalue weighted by Gasteiger charge is 2.50. The largest absolute Gasteiger partial charge is 0.303 e. The standard InChI is InChI=1S/C18H31N.ClH/c1-2-6-19(7-3-1)8-4-5-18-12-15-9-16(13-18)11-17(10-15)14-18;/h15-17H,1-14H2;1H. The molecule has 20 heavy (non-hydrogen) atoms. The summed E-state index contributed by atoms with van der Waals surface area (Å²) in [5.41, 5.74) is 0.824. The second kappa shape index (κ2) is 6.16. The van der Waals surface area contributed by atoms with Gasteiger partial charge in [0.2, 0.25) is 0 Å². The van der Waals surface area contributed by atoms with Gasteiger partial charge in [-0.05, 0) is 107 Å². The molecule has 1 nitrogen and oxygen atoms in total. The van der Waals surface area contributed by atoms with Crippen molar-refractivity contribution in [2.45, 2.75) is 70.6 Å². The van der Waals surface area contributed by atoms with Crippen LogP contribution in [0.5, 0.6) is 0 Å². The molecular formula is C18H32ClN. The molecule has 1 saturated heterocycles. The Morgan fingerprint density at radius 2 is 1.35 bits per heavy atom. The van der Waals surface area contributed by atoms with Gasteiger partial charge < -0.3 is 4.90 Å². The van der Waals surface area contributed by atoms with E-state index in [1.165, 1.54) is 45.3 Å². The maximum atomic E-state index is 2.74. The molecule has 116 valence electrons. The van der Waals surface area contributed by atoms with Crippen LogP contribution in [0.4, 0.5) is 0 Å². The van der Waals surface area contributed by atoms with E-state index in [2.05, 4.69) is 4.90 Å². The van der Waals surface area contributed by atoms with Crippen LogP contribution in [0, 0.1) is 23.2 Å². The monoisotopic (exact) mass is 297 g/mol. The smallest absolute Gasteiger partial charge is 0.00185 e. The summed E-state index contributed by atoms with van der Waals surface area (Å²) in [4.78, 5) is 2.74. The SMILES string of the molecule is C1CCN(CCCC23CC4CC(CC(C4)C2)C3)CC1.Cl. The van der Waals surface area contributed by atoms with Gasteiger partial charge in [0.05, 0.1) is 0 Å². The molecule has 5 rings (SSSR count). The van der Waals surface area contributed by atoms with E-state index in [0.717, 1.165) is 23.2 Å². The Balaban J connectivity index is 0.00000121. The van der Waals surface area contributed by atoms with Gasteiger partial charge in [-0.3, -0.25) is 0 Å². The summed E-state index contributed by atoms with van der Waals surface area (Å²) in [5.74, 6) is 3.42. The number of piperidine rings is 1. The summed E-state index contributed by atoms with van der Waals surface area (Å²) >= 11 is 0. The Morgan fingerprint density at radius 1 is 0.800 bits per heavy atom. The zero-order valence-corrected chi connectivity index (χ0v) is 13.8. The summed E-state index contributed by atoms with van der Waals surface area (Å²) in [5, 5.41) is 0. The van der Waals surface area contributed by atoms with E-state index in [0.29, 0.717) is 0 Å². The van der Waals surface area contributed by atoms with Crippen molar-refractivity contribution in [1.29, 1.82) is 0 Å². The molecule has 1 heterocycles. The van der Waals surface area contributed by atoms with Crippen LogP contribution in [0.3, 0.4) is 0 Å². The van der Waals surface area contributed by atoms with Gasteiger partial charge in [-0.15, -0.1) is 12.4 Å². The van der Waals surface area contributed by atoms with Crippen molar-refractivity contribution < 1.29 is 0 Å². The molecule has 5 fully saturated rings. The zero-order chi connectivity index (χ0) is 12.7. The molecule has 0 unspecified atom stereocenters. The molecule has 4 aliphatic carbocycles. The van der Waals surface area contributed by atoms with Gasteiger partial charge >= 0.3 is 0 Å². The van der Waals surface area contributed by atoms with Crippen LogP contribution in [-0.4, -0.2) is 24.5 Å². The van der Waals surface area contributed by atoms with Crippen molar-refractivity contribution >= 4 is 12.4 Å². The normalized spacial score (nSPS) is 43.5. The molecule has 0 amide bonds. The fraction of sp³-hybridized carbons (Fsp3) is 1.00. The summed E-state index contributed by atoms with van der Waals surface area (Å²) in [6.45, 7) is 4.18. The van der Waals surface area contributed by atoms with Crippen molar-refractivity contribution in [1.82, 2.24) is 4.90 Å². The first kappa shape index (κ1) is 15.2. The van der Waals surface area contributed by atoms with Crippen molar-refractivity contribution in [2.75, 3.05) is 19.6 Å². The molecule has 4 saturated carbocycles. The number of nitrogens with zero attached hydrogens (tertiary/aromatic N) is 1. The number of halogens is 1. The minimum Gasteiger partial charge on any atom is -0.303 e. The van der Waals surface area contributed by atoms with Crippen LogP contribution in [0.15, 0.2) is 0 Å². The Labute approximate surface area is 131 Å². The third kappa shape index (κ3) is 3.04. The predicted octanol–water partition coefficient (Wildman–Crippen LogP) is 4.89. The molecule has 0 N–H and O–H groups in total.